The number of hydrogen-bond acceptors (Lipinski definition) is 4. The van der Waals surface area contributed by atoms with E-state index in [9.17, 15) is 4.79 Å². The number of methoxy groups -OCH3 is 1. The van der Waals surface area contributed by atoms with Crippen LogP contribution in [0.25, 0.3) is 10.9 Å². The maximum absolute atomic E-state index is 12.3. The number of esters is 1. The van der Waals surface area contributed by atoms with E-state index >= 15 is 0 Å². The predicted octanol–water partition coefficient (Wildman–Crippen LogP) is 3.45. The lowest BCUT2D eigenvalue weighted by atomic mass is 9.77. The Hall–Kier alpha value is -2.69. The van der Waals surface area contributed by atoms with E-state index in [1.54, 1.807) is 6.26 Å². The fourth-order valence-corrected chi connectivity index (χ4v) is 4.72. The van der Waals surface area contributed by atoms with Crippen LogP contribution in [0.2, 0.25) is 0 Å². The number of carbonyl (C=O) groups is 1. The van der Waals surface area contributed by atoms with Crippen molar-refractivity contribution in [3.8, 4) is 0 Å². The van der Waals surface area contributed by atoms with E-state index in [-0.39, 0.29) is 24.0 Å². The van der Waals surface area contributed by atoms with Crippen LogP contribution < -0.4 is 0 Å². The molecule has 26 heavy (non-hydrogen) atoms. The predicted molar refractivity (Wildman–Crippen MR) is 98.3 cm³/mol. The standard InChI is InChI=1S/C21H22N2O3/c1-12-16-10-23-8-7-14-13-5-3-4-6-18(13)22-20(14)19(23)9-15(16)17(11-26-12)21(24)25-2/h3-6,10-12,15,19,22H,7-9H2,1-2H3/t12-,15-,19+/m0/s1. The van der Waals surface area contributed by atoms with E-state index < -0.39 is 0 Å². The van der Waals surface area contributed by atoms with Gasteiger partial charge in [0.2, 0.25) is 0 Å². The Bertz CT molecular complexity index is 955. The molecule has 2 aromatic rings. The van der Waals surface area contributed by atoms with E-state index in [0.717, 1.165) is 19.4 Å². The van der Waals surface area contributed by atoms with Crippen LogP contribution in [0.4, 0.5) is 0 Å². The Morgan fingerprint density at radius 3 is 3.04 bits per heavy atom. The van der Waals surface area contributed by atoms with Gasteiger partial charge < -0.3 is 19.4 Å². The molecule has 5 nitrogen and oxygen atoms in total. The van der Waals surface area contributed by atoms with Crippen molar-refractivity contribution in [2.24, 2.45) is 5.92 Å². The second-order valence-electron chi connectivity index (χ2n) is 7.33. The average Bonchev–Trinajstić information content (AvgIpc) is 3.06. The molecule has 3 aliphatic heterocycles. The van der Waals surface area contributed by atoms with Gasteiger partial charge >= 0.3 is 5.97 Å². The first-order chi connectivity index (χ1) is 12.7. The number of nitrogens with one attached hydrogen (secondary N) is 1. The fraction of sp³-hybridized carbons (Fsp3) is 0.381. The maximum atomic E-state index is 12.3. The average molecular weight is 350 g/mol. The van der Waals surface area contributed by atoms with Crippen molar-refractivity contribution in [2.45, 2.75) is 31.9 Å². The van der Waals surface area contributed by atoms with Gasteiger partial charge in [-0.05, 0) is 37.0 Å². The van der Waals surface area contributed by atoms with Gasteiger partial charge in [0.1, 0.15) is 6.10 Å². The zero-order valence-corrected chi connectivity index (χ0v) is 15.0. The molecule has 5 heteroatoms. The van der Waals surface area contributed by atoms with E-state index in [1.807, 2.05) is 6.92 Å². The van der Waals surface area contributed by atoms with Crippen LogP contribution in [0, 0.1) is 5.92 Å². The summed E-state index contributed by atoms with van der Waals surface area (Å²) in [6.45, 7) is 3.03. The van der Waals surface area contributed by atoms with Crippen molar-refractivity contribution in [3.63, 3.8) is 0 Å². The molecule has 5 rings (SSSR count). The molecule has 0 fully saturated rings. The quantitative estimate of drug-likeness (QED) is 0.801. The molecule has 0 radical (unpaired) electrons. The number of carbonyl (C=O) groups excluding carboxylic acids is 1. The van der Waals surface area contributed by atoms with Gasteiger partial charge in [-0.25, -0.2) is 4.79 Å². The fourth-order valence-electron chi connectivity index (χ4n) is 4.72. The summed E-state index contributed by atoms with van der Waals surface area (Å²) >= 11 is 0. The highest BCUT2D eigenvalue weighted by Gasteiger charge is 2.42. The molecule has 1 N–H and O–H groups in total. The van der Waals surface area contributed by atoms with Gasteiger partial charge in [0.05, 0.1) is 25.0 Å². The van der Waals surface area contributed by atoms with Crippen LogP contribution in [0.15, 0.2) is 47.9 Å². The van der Waals surface area contributed by atoms with Crippen molar-refractivity contribution < 1.29 is 14.3 Å². The number of benzene rings is 1. The number of H-pyrrole nitrogens is 1. The normalized spacial score (nSPS) is 26.8. The number of aromatic amines is 1. The molecular formula is C21H22N2O3. The second-order valence-corrected chi connectivity index (χ2v) is 7.33. The molecule has 0 unspecified atom stereocenters. The van der Waals surface area contributed by atoms with Gasteiger partial charge in [0.25, 0.3) is 0 Å². The molecule has 1 aromatic heterocycles. The number of aromatic nitrogens is 1. The summed E-state index contributed by atoms with van der Waals surface area (Å²) in [5.41, 5.74) is 5.69. The van der Waals surface area contributed by atoms with Crippen molar-refractivity contribution in [1.29, 1.82) is 0 Å². The lowest BCUT2D eigenvalue weighted by Gasteiger charge is -2.44. The molecule has 134 valence electrons. The number of rotatable bonds is 1. The molecule has 3 aliphatic rings. The summed E-state index contributed by atoms with van der Waals surface area (Å²) in [4.78, 5) is 18.3. The van der Waals surface area contributed by atoms with Gasteiger partial charge in [-0.1, -0.05) is 18.2 Å². The molecular weight excluding hydrogens is 328 g/mol. The SMILES string of the molecule is COC(=O)C1=CO[C@@H](C)C2=CN3CCc4c([nH]c5ccccc45)[C@H]3C[C@H]12. The minimum Gasteiger partial charge on any atom is -0.493 e. The number of ether oxygens (including phenoxy) is 2. The minimum atomic E-state index is -0.297. The zero-order valence-electron chi connectivity index (χ0n) is 15.0. The van der Waals surface area contributed by atoms with Crippen molar-refractivity contribution in [3.05, 3.63) is 59.1 Å². The minimum absolute atomic E-state index is 0.0153. The van der Waals surface area contributed by atoms with Crippen LogP contribution in [-0.4, -0.2) is 35.6 Å². The van der Waals surface area contributed by atoms with Gasteiger partial charge in [0, 0.05) is 35.3 Å². The third kappa shape index (κ3) is 2.13. The Balaban J connectivity index is 1.60. The summed E-state index contributed by atoms with van der Waals surface area (Å²) in [5.74, 6) is -0.251. The van der Waals surface area contributed by atoms with Crippen LogP contribution in [0.1, 0.15) is 30.6 Å². The van der Waals surface area contributed by atoms with Gasteiger partial charge in [-0.2, -0.15) is 0 Å². The maximum Gasteiger partial charge on any atom is 0.337 e. The second kappa shape index (κ2) is 5.66. The van der Waals surface area contributed by atoms with Gasteiger partial charge in [-0.3, -0.25) is 0 Å². The third-order valence-electron chi connectivity index (χ3n) is 6.04. The van der Waals surface area contributed by atoms with Crippen molar-refractivity contribution in [2.75, 3.05) is 13.7 Å². The lowest BCUT2D eigenvalue weighted by Crippen LogP contribution is -2.41. The zero-order chi connectivity index (χ0) is 17.8. The number of fused-ring (bicyclic) bond motifs is 6. The largest absolute Gasteiger partial charge is 0.493 e. The van der Waals surface area contributed by atoms with Crippen LogP contribution >= 0.6 is 0 Å². The van der Waals surface area contributed by atoms with Gasteiger partial charge in [-0.15, -0.1) is 0 Å². The highest BCUT2D eigenvalue weighted by atomic mass is 16.5. The van der Waals surface area contributed by atoms with E-state index in [4.69, 9.17) is 9.47 Å². The van der Waals surface area contributed by atoms with E-state index in [0.29, 0.717) is 5.57 Å². The Kier molecular flexibility index (Phi) is 3.39. The third-order valence-corrected chi connectivity index (χ3v) is 6.04. The molecule has 0 saturated heterocycles. The Morgan fingerprint density at radius 2 is 2.19 bits per heavy atom. The summed E-state index contributed by atoms with van der Waals surface area (Å²) in [5, 5.41) is 1.32. The van der Waals surface area contributed by atoms with Crippen molar-refractivity contribution >= 4 is 16.9 Å². The van der Waals surface area contributed by atoms with Crippen molar-refractivity contribution in [1.82, 2.24) is 9.88 Å². The van der Waals surface area contributed by atoms with E-state index in [2.05, 4.69) is 40.3 Å². The molecule has 3 atom stereocenters. The molecule has 1 aromatic carbocycles. The highest BCUT2D eigenvalue weighted by Crippen LogP contribution is 2.46. The first kappa shape index (κ1) is 15.6. The highest BCUT2D eigenvalue weighted by molar-refractivity contribution is 5.90. The van der Waals surface area contributed by atoms with Crippen LogP contribution in [0.3, 0.4) is 0 Å². The molecule has 0 aliphatic carbocycles. The number of para-hydroxylation sites is 1. The number of nitrogens with zero attached hydrogens (tertiary/aromatic N) is 1. The monoisotopic (exact) mass is 350 g/mol. The summed E-state index contributed by atoms with van der Waals surface area (Å²) in [6, 6.07) is 8.75. The molecule has 0 bridgehead atoms. The summed E-state index contributed by atoms with van der Waals surface area (Å²) < 4.78 is 10.7. The van der Waals surface area contributed by atoms with Crippen LogP contribution in [-0.2, 0) is 20.7 Å². The first-order valence-electron chi connectivity index (χ1n) is 9.18. The van der Waals surface area contributed by atoms with Gasteiger partial charge in [0.15, 0.2) is 0 Å². The topological polar surface area (TPSA) is 54.6 Å². The Labute approximate surface area is 152 Å². The molecule has 4 heterocycles. The summed E-state index contributed by atoms with van der Waals surface area (Å²) in [7, 11) is 1.43. The van der Waals surface area contributed by atoms with E-state index in [1.165, 1.54) is 34.8 Å². The number of hydrogen-bond donors (Lipinski definition) is 1. The molecule has 0 amide bonds. The lowest BCUT2D eigenvalue weighted by molar-refractivity contribution is -0.137. The van der Waals surface area contributed by atoms with Crippen LogP contribution in [0.5, 0.6) is 0 Å². The molecule has 0 saturated carbocycles. The molecule has 0 spiro atoms. The summed E-state index contributed by atoms with van der Waals surface area (Å²) in [6.07, 6.45) is 5.69. The Morgan fingerprint density at radius 1 is 1.35 bits per heavy atom. The smallest absolute Gasteiger partial charge is 0.337 e. The first-order valence-corrected chi connectivity index (χ1v) is 9.18.